The van der Waals surface area contributed by atoms with Crippen LogP contribution >= 0.6 is 11.7 Å². The van der Waals surface area contributed by atoms with Crippen LogP contribution in [-0.2, 0) is 0 Å². The van der Waals surface area contributed by atoms with Crippen molar-refractivity contribution in [2.75, 3.05) is 0 Å². The lowest BCUT2D eigenvalue weighted by Crippen LogP contribution is -1.85. The maximum atomic E-state index is 4.26. The van der Waals surface area contributed by atoms with Crippen molar-refractivity contribution < 1.29 is 0 Å². The van der Waals surface area contributed by atoms with Crippen LogP contribution in [0.2, 0.25) is 0 Å². The third kappa shape index (κ3) is 0.700. The molecular weight excluding hydrogens is 144 g/mol. The number of rotatable bonds is 0. The van der Waals surface area contributed by atoms with E-state index in [9.17, 15) is 0 Å². The molecule has 0 radical (unpaired) electrons. The molecule has 0 aromatic carbocycles. The number of hydrogen-bond donors (Lipinski definition) is 0. The fourth-order valence-electron chi connectivity index (χ4n) is 1.64. The average Bonchev–Trinajstić information content (AvgIpc) is 2.39. The molecule has 0 amide bonds. The molecule has 0 bridgehead atoms. The molecule has 2 rings (SSSR count). The summed E-state index contributed by atoms with van der Waals surface area (Å²) in [7, 11) is 0. The summed E-state index contributed by atoms with van der Waals surface area (Å²) in [5, 5.41) is 0. The minimum Gasteiger partial charge on any atom is -0.178 e. The Morgan fingerprint density at radius 3 is 2.20 bits per heavy atom. The number of nitrogens with zero attached hydrogens (tertiary/aromatic N) is 2. The molecule has 1 aromatic rings. The minimum absolute atomic E-state index is 0.642. The monoisotopic (exact) mass is 154 g/mol. The summed E-state index contributed by atoms with van der Waals surface area (Å²) < 4.78 is 8.52. The van der Waals surface area contributed by atoms with Crippen LogP contribution < -0.4 is 0 Å². The largest absolute Gasteiger partial charge is 0.178 e. The van der Waals surface area contributed by atoms with Crippen LogP contribution in [0, 0.1) is 0 Å². The molecule has 3 heteroatoms. The van der Waals surface area contributed by atoms with Gasteiger partial charge in [0, 0.05) is 11.8 Å². The average molecular weight is 154 g/mol. The van der Waals surface area contributed by atoms with Gasteiger partial charge < -0.3 is 0 Å². The molecule has 10 heavy (non-hydrogen) atoms. The first-order valence-corrected chi connectivity index (χ1v) is 4.34. The van der Waals surface area contributed by atoms with Gasteiger partial charge in [-0.2, -0.15) is 8.75 Å². The topological polar surface area (TPSA) is 25.8 Å². The van der Waals surface area contributed by atoms with E-state index in [0.717, 1.165) is 0 Å². The van der Waals surface area contributed by atoms with Gasteiger partial charge in [0.1, 0.15) is 0 Å². The van der Waals surface area contributed by atoms with E-state index >= 15 is 0 Å². The lowest BCUT2D eigenvalue weighted by Gasteiger charge is -1.98. The lowest BCUT2D eigenvalue weighted by molar-refractivity contribution is 0.650. The van der Waals surface area contributed by atoms with Crippen molar-refractivity contribution in [2.24, 2.45) is 0 Å². The Morgan fingerprint density at radius 2 is 1.70 bits per heavy atom. The van der Waals surface area contributed by atoms with E-state index < -0.39 is 0 Å². The van der Waals surface area contributed by atoms with E-state index in [2.05, 4.69) is 22.6 Å². The molecule has 0 aliphatic heterocycles. The van der Waals surface area contributed by atoms with Crippen molar-refractivity contribution in [2.45, 2.75) is 32.1 Å². The predicted molar refractivity (Wildman–Crippen MR) is 41.4 cm³/mol. The first kappa shape index (κ1) is 6.28. The fraction of sp³-hybridized carbons (Fsp3) is 0.714. The van der Waals surface area contributed by atoms with Crippen molar-refractivity contribution in [3.63, 3.8) is 0 Å². The van der Waals surface area contributed by atoms with Gasteiger partial charge in [0.2, 0.25) is 0 Å². The smallest absolute Gasteiger partial charge is 0.0806 e. The number of fused-ring (bicyclic) bond motifs is 1. The molecule has 2 unspecified atom stereocenters. The Hall–Kier alpha value is -0.440. The van der Waals surface area contributed by atoms with Gasteiger partial charge >= 0.3 is 0 Å². The highest BCUT2D eigenvalue weighted by molar-refractivity contribution is 6.99. The third-order valence-corrected chi connectivity index (χ3v) is 2.74. The zero-order valence-electron chi connectivity index (χ0n) is 6.16. The first-order valence-electron chi connectivity index (χ1n) is 3.61. The minimum atomic E-state index is 0.642. The third-order valence-electron chi connectivity index (χ3n) is 2.18. The van der Waals surface area contributed by atoms with Crippen molar-refractivity contribution >= 4 is 11.7 Å². The summed E-state index contributed by atoms with van der Waals surface area (Å²) in [6.07, 6.45) is 1.23. The van der Waals surface area contributed by atoms with Gasteiger partial charge in [-0.25, -0.2) is 0 Å². The van der Waals surface area contributed by atoms with E-state index in [1.165, 1.54) is 29.5 Å². The van der Waals surface area contributed by atoms with Gasteiger partial charge in [-0.1, -0.05) is 13.8 Å². The second kappa shape index (κ2) is 2.02. The van der Waals surface area contributed by atoms with Gasteiger partial charge in [-0.05, 0) is 6.42 Å². The Bertz CT molecular complexity index is 221. The van der Waals surface area contributed by atoms with Gasteiger partial charge in [-0.3, -0.25) is 0 Å². The fourth-order valence-corrected chi connectivity index (χ4v) is 2.40. The molecule has 0 fully saturated rings. The summed E-state index contributed by atoms with van der Waals surface area (Å²) in [5.74, 6) is 1.28. The molecule has 1 aromatic heterocycles. The Balaban J connectivity index is 2.48. The highest BCUT2D eigenvalue weighted by Crippen LogP contribution is 2.39. The van der Waals surface area contributed by atoms with Crippen molar-refractivity contribution in [3.05, 3.63) is 11.4 Å². The standard InChI is InChI=1S/C7H10N2S/c1-4-3-5(2)7-6(4)8-10-9-7/h4-5H,3H2,1-2H3. The number of hydrogen-bond acceptors (Lipinski definition) is 3. The molecular formula is C7H10N2S. The van der Waals surface area contributed by atoms with Crippen LogP contribution in [0.4, 0.5) is 0 Å². The highest BCUT2D eigenvalue weighted by Gasteiger charge is 2.28. The van der Waals surface area contributed by atoms with Crippen LogP contribution in [0.1, 0.15) is 43.5 Å². The maximum absolute atomic E-state index is 4.26. The maximum Gasteiger partial charge on any atom is 0.0806 e. The van der Waals surface area contributed by atoms with Crippen LogP contribution in [-0.4, -0.2) is 8.75 Å². The van der Waals surface area contributed by atoms with E-state index in [0.29, 0.717) is 11.8 Å². The van der Waals surface area contributed by atoms with Crippen LogP contribution in [0.3, 0.4) is 0 Å². The van der Waals surface area contributed by atoms with Crippen molar-refractivity contribution in [3.8, 4) is 0 Å². The van der Waals surface area contributed by atoms with Gasteiger partial charge in [-0.15, -0.1) is 0 Å². The summed E-state index contributed by atoms with van der Waals surface area (Å²) in [6.45, 7) is 4.45. The second-order valence-corrected chi connectivity index (χ2v) is 3.60. The molecule has 0 N–H and O–H groups in total. The molecule has 2 nitrogen and oxygen atoms in total. The zero-order valence-corrected chi connectivity index (χ0v) is 6.98. The normalized spacial score (nSPS) is 30.6. The van der Waals surface area contributed by atoms with Crippen LogP contribution in [0.15, 0.2) is 0 Å². The van der Waals surface area contributed by atoms with Gasteiger partial charge in [0.05, 0.1) is 23.1 Å². The highest BCUT2D eigenvalue weighted by atomic mass is 32.1. The molecule has 1 aliphatic carbocycles. The van der Waals surface area contributed by atoms with Crippen molar-refractivity contribution in [1.29, 1.82) is 0 Å². The lowest BCUT2D eigenvalue weighted by atomic mass is 10.1. The van der Waals surface area contributed by atoms with E-state index in [1.54, 1.807) is 0 Å². The molecule has 1 heterocycles. The zero-order chi connectivity index (χ0) is 7.14. The van der Waals surface area contributed by atoms with E-state index in [4.69, 9.17) is 0 Å². The van der Waals surface area contributed by atoms with Crippen LogP contribution in [0.5, 0.6) is 0 Å². The summed E-state index contributed by atoms with van der Waals surface area (Å²) >= 11 is 1.35. The molecule has 0 spiro atoms. The summed E-state index contributed by atoms with van der Waals surface area (Å²) in [4.78, 5) is 0. The molecule has 0 saturated heterocycles. The molecule has 1 aliphatic rings. The molecule has 2 atom stereocenters. The van der Waals surface area contributed by atoms with Crippen LogP contribution in [0.25, 0.3) is 0 Å². The second-order valence-electron chi connectivity index (χ2n) is 3.07. The van der Waals surface area contributed by atoms with Gasteiger partial charge in [0.15, 0.2) is 0 Å². The van der Waals surface area contributed by atoms with E-state index in [1.807, 2.05) is 0 Å². The Morgan fingerprint density at radius 1 is 1.20 bits per heavy atom. The Labute approximate surface area is 64.6 Å². The summed E-state index contributed by atoms with van der Waals surface area (Å²) in [5.41, 5.74) is 2.50. The quantitative estimate of drug-likeness (QED) is 0.572. The summed E-state index contributed by atoms with van der Waals surface area (Å²) in [6, 6.07) is 0. The number of aromatic nitrogens is 2. The van der Waals surface area contributed by atoms with Crippen molar-refractivity contribution in [1.82, 2.24) is 8.75 Å². The predicted octanol–water partition coefficient (Wildman–Crippen LogP) is 2.15. The SMILES string of the molecule is CC1CC(C)c2nsnc21. The molecule has 54 valence electrons. The Kier molecular flexibility index (Phi) is 1.27. The van der Waals surface area contributed by atoms with E-state index in [-0.39, 0.29) is 0 Å². The van der Waals surface area contributed by atoms with Gasteiger partial charge in [0.25, 0.3) is 0 Å². The molecule has 0 saturated carbocycles. The first-order chi connectivity index (χ1) is 4.79.